The lowest BCUT2D eigenvalue weighted by Gasteiger charge is -2.20. The minimum absolute atomic E-state index is 0.556. The van der Waals surface area contributed by atoms with E-state index in [4.69, 9.17) is 16.9 Å². The van der Waals surface area contributed by atoms with Crippen LogP contribution in [0.1, 0.15) is 18.4 Å². The van der Waals surface area contributed by atoms with Crippen molar-refractivity contribution in [2.45, 2.75) is 18.9 Å². The molecule has 1 saturated heterocycles. The normalized spacial score (nSPS) is 20.2. The van der Waals surface area contributed by atoms with Gasteiger partial charge in [-0.05, 0) is 44.6 Å². The summed E-state index contributed by atoms with van der Waals surface area (Å²) in [6, 6.07) is 8.04. The van der Waals surface area contributed by atoms with Crippen molar-refractivity contribution in [1.82, 2.24) is 4.90 Å². The van der Waals surface area contributed by atoms with Gasteiger partial charge in [-0.3, -0.25) is 0 Å². The second-order valence-electron chi connectivity index (χ2n) is 4.46. The molecule has 2 rings (SSSR count). The third kappa shape index (κ3) is 2.91. The highest BCUT2D eigenvalue weighted by Crippen LogP contribution is 2.22. The molecule has 0 radical (unpaired) electrons. The summed E-state index contributed by atoms with van der Waals surface area (Å²) in [6.07, 6.45) is 2.47. The van der Waals surface area contributed by atoms with Crippen molar-refractivity contribution in [2.75, 3.05) is 25.5 Å². The Labute approximate surface area is 107 Å². The molecule has 0 saturated carbocycles. The first-order chi connectivity index (χ1) is 8.20. The number of benzene rings is 1. The van der Waals surface area contributed by atoms with Crippen LogP contribution < -0.4 is 5.32 Å². The molecule has 4 heteroatoms. The van der Waals surface area contributed by atoms with Gasteiger partial charge in [-0.1, -0.05) is 11.6 Å². The molecule has 1 N–H and O–H groups in total. The van der Waals surface area contributed by atoms with Crippen LogP contribution in [0.3, 0.4) is 0 Å². The van der Waals surface area contributed by atoms with Crippen LogP contribution in [0.15, 0.2) is 18.2 Å². The van der Waals surface area contributed by atoms with E-state index in [2.05, 4.69) is 23.3 Å². The smallest absolute Gasteiger partial charge is 0.101 e. The van der Waals surface area contributed by atoms with Crippen LogP contribution in [0.4, 0.5) is 5.69 Å². The fraction of sp³-hybridized carbons (Fsp3) is 0.462. The van der Waals surface area contributed by atoms with Crippen molar-refractivity contribution >= 4 is 17.3 Å². The van der Waals surface area contributed by atoms with Crippen molar-refractivity contribution in [1.29, 1.82) is 5.26 Å². The summed E-state index contributed by atoms with van der Waals surface area (Å²) in [5.41, 5.74) is 1.48. The maximum atomic E-state index is 9.01. The molecule has 1 atom stereocenters. The SMILES string of the molecule is CN1CCCC1CNc1cc(Cl)ccc1C#N. The van der Waals surface area contributed by atoms with Gasteiger partial charge in [-0.15, -0.1) is 0 Å². The predicted octanol–water partition coefficient (Wildman–Crippen LogP) is 2.72. The van der Waals surface area contributed by atoms with E-state index in [1.807, 2.05) is 6.07 Å². The fourth-order valence-electron chi connectivity index (χ4n) is 2.23. The number of halogens is 1. The minimum Gasteiger partial charge on any atom is -0.382 e. The van der Waals surface area contributed by atoms with Gasteiger partial charge in [0.2, 0.25) is 0 Å². The fourth-order valence-corrected chi connectivity index (χ4v) is 2.40. The van der Waals surface area contributed by atoms with E-state index in [9.17, 15) is 0 Å². The van der Waals surface area contributed by atoms with Crippen LogP contribution in [0.2, 0.25) is 5.02 Å². The van der Waals surface area contributed by atoms with E-state index in [1.54, 1.807) is 12.1 Å². The molecular weight excluding hydrogens is 234 g/mol. The van der Waals surface area contributed by atoms with Crippen LogP contribution in [0, 0.1) is 11.3 Å². The molecule has 0 bridgehead atoms. The van der Waals surface area contributed by atoms with E-state index in [0.717, 1.165) is 18.8 Å². The first kappa shape index (κ1) is 12.2. The first-order valence-electron chi connectivity index (χ1n) is 5.84. The monoisotopic (exact) mass is 249 g/mol. The van der Waals surface area contributed by atoms with Crippen molar-refractivity contribution in [3.63, 3.8) is 0 Å². The molecular formula is C13H16ClN3. The van der Waals surface area contributed by atoms with Gasteiger partial charge >= 0.3 is 0 Å². The standard InChI is InChI=1S/C13H16ClN3/c1-17-6-2-3-12(17)9-16-13-7-11(14)5-4-10(13)8-15/h4-5,7,12,16H,2-3,6,9H2,1H3. The maximum Gasteiger partial charge on any atom is 0.101 e. The lowest BCUT2D eigenvalue weighted by Crippen LogP contribution is -2.31. The van der Waals surface area contributed by atoms with E-state index >= 15 is 0 Å². The Kier molecular flexibility index (Phi) is 3.88. The Hall–Kier alpha value is -1.24. The van der Waals surface area contributed by atoms with Crippen molar-refractivity contribution in [3.8, 4) is 6.07 Å². The predicted molar refractivity (Wildman–Crippen MR) is 70.3 cm³/mol. The Bertz CT molecular complexity index is 439. The van der Waals surface area contributed by atoms with Gasteiger partial charge in [-0.2, -0.15) is 5.26 Å². The summed E-state index contributed by atoms with van der Waals surface area (Å²) >= 11 is 5.94. The van der Waals surface area contributed by atoms with Gasteiger partial charge in [0.05, 0.1) is 11.3 Å². The van der Waals surface area contributed by atoms with E-state index < -0.39 is 0 Å². The molecule has 1 fully saturated rings. The van der Waals surface area contributed by atoms with Crippen LogP contribution in [0.5, 0.6) is 0 Å². The summed E-state index contributed by atoms with van der Waals surface area (Å²) in [5.74, 6) is 0. The van der Waals surface area contributed by atoms with Gasteiger partial charge in [-0.25, -0.2) is 0 Å². The second kappa shape index (κ2) is 5.39. The Morgan fingerprint density at radius 3 is 3.06 bits per heavy atom. The number of hydrogen-bond acceptors (Lipinski definition) is 3. The minimum atomic E-state index is 0.556. The molecule has 3 nitrogen and oxygen atoms in total. The molecule has 0 aliphatic carbocycles. The summed E-state index contributed by atoms with van der Waals surface area (Å²) in [7, 11) is 2.14. The zero-order valence-electron chi connectivity index (χ0n) is 9.91. The number of anilines is 1. The highest BCUT2D eigenvalue weighted by molar-refractivity contribution is 6.30. The number of hydrogen-bond donors (Lipinski definition) is 1. The van der Waals surface area contributed by atoms with Crippen LogP contribution in [-0.2, 0) is 0 Å². The van der Waals surface area contributed by atoms with Crippen molar-refractivity contribution in [3.05, 3.63) is 28.8 Å². The molecule has 0 aromatic heterocycles. The molecule has 0 amide bonds. The number of likely N-dealkylation sites (tertiary alicyclic amines) is 1. The summed E-state index contributed by atoms with van der Waals surface area (Å²) in [6.45, 7) is 2.03. The summed E-state index contributed by atoms with van der Waals surface area (Å²) in [4.78, 5) is 2.35. The van der Waals surface area contributed by atoms with E-state index in [-0.39, 0.29) is 0 Å². The van der Waals surface area contributed by atoms with E-state index in [1.165, 1.54) is 12.8 Å². The highest BCUT2D eigenvalue weighted by atomic mass is 35.5. The number of rotatable bonds is 3. The highest BCUT2D eigenvalue weighted by Gasteiger charge is 2.20. The summed E-state index contributed by atoms with van der Waals surface area (Å²) in [5, 5.41) is 13.0. The molecule has 1 aromatic carbocycles. The van der Waals surface area contributed by atoms with Crippen molar-refractivity contribution < 1.29 is 0 Å². The summed E-state index contributed by atoms with van der Waals surface area (Å²) < 4.78 is 0. The molecule has 0 spiro atoms. The van der Waals surface area contributed by atoms with Crippen LogP contribution in [-0.4, -0.2) is 31.1 Å². The molecule has 90 valence electrons. The quantitative estimate of drug-likeness (QED) is 0.895. The number of nitrogens with one attached hydrogen (secondary N) is 1. The van der Waals surface area contributed by atoms with Crippen LogP contribution >= 0.6 is 11.6 Å². The largest absolute Gasteiger partial charge is 0.382 e. The number of nitriles is 1. The zero-order valence-corrected chi connectivity index (χ0v) is 10.7. The number of likely N-dealkylation sites (N-methyl/N-ethyl adjacent to an activating group) is 1. The molecule has 1 aliphatic rings. The first-order valence-corrected chi connectivity index (χ1v) is 6.22. The molecule has 1 heterocycles. The number of nitrogens with zero attached hydrogens (tertiary/aromatic N) is 2. The zero-order chi connectivity index (χ0) is 12.3. The lowest BCUT2D eigenvalue weighted by atomic mass is 10.1. The van der Waals surface area contributed by atoms with Gasteiger partial charge in [0, 0.05) is 17.6 Å². The average Bonchev–Trinajstić information content (AvgIpc) is 2.72. The lowest BCUT2D eigenvalue weighted by molar-refractivity contribution is 0.322. The van der Waals surface area contributed by atoms with E-state index in [0.29, 0.717) is 16.6 Å². The maximum absolute atomic E-state index is 9.01. The topological polar surface area (TPSA) is 39.1 Å². The van der Waals surface area contributed by atoms with Gasteiger partial charge in [0.15, 0.2) is 0 Å². The molecule has 17 heavy (non-hydrogen) atoms. The molecule has 1 unspecified atom stereocenters. The molecule has 1 aliphatic heterocycles. The van der Waals surface area contributed by atoms with Crippen LogP contribution in [0.25, 0.3) is 0 Å². The third-order valence-electron chi connectivity index (χ3n) is 3.30. The van der Waals surface area contributed by atoms with Gasteiger partial charge in [0.25, 0.3) is 0 Å². The third-order valence-corrected chi connectivity index (χ3v) is 3.54. The van der Waals surface area contributed by atoms with Gasteiger partial charge < -0.3 is 10.2 Å². The molecule has 1 aromatic rings. The second-order valence-corrected chi connectivity index (χ2v) is 4.90. The average molecular weight is 250 g/mol. The Morgan fingerprint density at radius 1 is 1.59 bits per heavy atom. The Balaban J connectivity index is 2.03. The Morgan fingerprint density at radius 2 is 2.41 bits per heavy atom. The van der Waals surface area contributed by atoms with Crippen molar-refractivity contribution in [2.24, 2.45) is 0 Å². The van der Waals surface area contributed by atoms with Gasteiger partial charge in [0.1, 0.15) is 6.07 Å².